The van der Waals surface area contributed by atoms with Crippen LogP contribution in [0, 0.1) is 5.92 Å². The van der Waals surface area contributed by atoms with E-state index >= 15 is 0 Å². The van der Waals surface area contributed by atoms with Crippen molar-refractivity contribution < 1.29 is 14.7 Å². The van der Waals surface area contributed by atoms with Crippen LogP contribution in [0.4, 0.5) is 0 Å². The van der Waals surface area contributed by atoms with E-state index in [4.69, 9.17) is 11.6 Å². The maximum atomic E-state index is 12.5. The Hall–Kier alpha value is -2.47. The van der Waals surface area contributed by atoms with Crippen molar-refractivity contribution in [3.63, 3.8) is 0 Å². The molecule has 23 heavy (non-hydrogen) atoms. The Morgan fingerprint density at radius 3 is 2.52 bits per heavy atom. The number of rotatable bonds is 3. The maximum Gasteiger partial charge on any atom is 0.308 e. The van der Waals surface area contributed by atoms with Gasteiger partial charge in [0.1, 0.15) is 5.69 Å². The summed E-state index contributed by atoms with van der Waals surface area (Å²) in [6, 6.07) is 7.06. The maximum absolute atomic E-state index is 12.5. The van der Waals surface area contributed by atoms with Crippen LogP contribution in [0.3, 0.4) is 0 Å². The first kappa shape index (κ1) is 15.4. The first-order valence-electron chi connectivity index (χ1n) is 7.10. The lowest BCUT2D eigenvalue weighted by Gasteiger charge is -2.16. The van der Waals surface area contributed by atoms with E-state index in [2.05, 4.69) is 9.97 Å². The zero-order valence-corrected chi connectivity index (χ0v) is 12.8. The number of aromatic nitrogens is 2. The number of amides is 1. The minimum Gasteiger partial charge on any atom is -0.481 e. The van der Waals surface area contributed by atoms with Gasteiger partial charge in [-0.15, -0.1) is 0 Å². The summed E-state index contributed by atoms with van der Waals surface area (Å²) in [5, 5.41) is 10.1. The minimum absolute atomic E-state index is 0.151. The second-order valence-electron chi connectivity index (χ2n) is 5.40. The highest BCUT2D eigenvalue weighted by atomic mass is 35.5. The summed E-state index contributed by atoms with van der Waals surface area (Å²) in [5.74, 6) is -2.15. The Bertz CT molecular complexity index is 721. The van der Waals surface area contributed by atoms with Gasteiger partial charge in [0.15, 0.2) is 0 Å². The SMILES string of the molecule is O=C(O)[C@@H]1CN(C(=O)c2cnccn2)C[C@H]1c1ccc(Cl)cc1. The highest BCUT2D eigenvalue weighted by Crippen LogP contribution is 2.34. The van der Waals surface area contributed by atoms with E-state index < -0.39 is 11.9 Å². The van der Waals surface area contributed by atoms with E-state index in [1.54, 1.807) is 24.3 Å². The molecule has 0 unspecified atom stereocenters. The molecule has 0 radical (unpaired) electrons. The summed E-state index contributed by atoms with van der Waals surface area (Å²) in [7, 11) is 0. The Morgan fingerprint density at radius 1 is 1.17 bits per heavy atom. The largest absolute Gasteiger partial charge is 0.481 e. The van der Waals surface area contributed by atoms with Crippen molar-refractivity contribution in [3.05, 3.63) is 59.1 Å². The molecule has 2 heterocycles. The van der Waals surface area contributed by atoms with Gasteiger partial charge in [0.25, 0.3) is 5.91 Å². The van der Waals surface area contributed by atoms with Gasteiger partial charge in [-0.2, -0.15) is 0 Å². The molecule has 6 nitrogen and oxygen atoms in total. The number of hydrogen-bond acceptors (Lipinski definition) is 4. The number of carboxylic acid groups (broad SMARTS) is 1. The molecule has 2 aromatic rings. The lowest BCUT2D eigenvalue weighted by Crippen LogP contribution is -2.30. The molecule has 1 aromatic carbocycles. The van der Waals surface area contributed by atoms with Crippen molar-refractivity contribution >= 4 is 23.5 Å². The fourth-order valence-corrected chi connectivity index (χ4v) is 2.97. The number of aliphatic carboxylic acids is 1. The molecule has 1 fully saturated rings. The average molecular weight is 332 g/mol. The number of nitrogens with zero attached hydrogens (tertiary/aromatic N) is 3. The number of carbonyl (C=O) groups is 2. The second-order valence-corrected chi connectivity index (χ2v) is 5.84. The van der Waals surface area contributed by atoms with Crippen molar-refractivity contribution in [3.8, 4) is 0 Å². The van der Waals surface area contributed by atoms with Crippen LogP contribution in [0.25, 0.3) is 0 Å². The van der Waals surface area contributed by atoms with Crippen molar-refractivity contribution in [2.45, 2.75) is 5.92 Å². The molecular formula is C16H14ClN3O3. The van der Waals surface area contributed by atoms with Crippen LogP contribution in [-0.4, -0.2) is 44.9 Å². The Morgan fingerprint density at radius 2 is 1.91 bits per heavy atom. The monoisotopic (exact) mass is 331 g/mol. The van der Waals surface area contributed by atoms with Crippen LogP contribution in [0.5, 0.6) is 0 Å². The van der Waals surface area contributed by atoms with Crippen molar-refractivity contribution in [2.75, 3.05) is 13.1 Å². The van der Waals surface area contributed by atoms with Crippen LogP contribution in [0.15, 0.2) is 42.9 Å². The van der Waals surface area contributed by atoms with Gasteiger partial charge in [0.2, 0.25) is 0 Å². The van der Waals surface area contributed by atoms with Crippen LogP contribution < -0.4 is 0 Å². The molecule has 0 spiro atoms. The third-order valence-electron chi connectivity index (χ3n) is 4.00. The van der Waals surface area contributed by atoms with Crippen molar-refractivity contribution in [2.24, 2.45) is 5.92 Å². The summed E-state index contributed by atoms with van der Waals surface area (Å²) >= 11 is 5.88. The molecule has 1 amide bonds. The molecule has 1 saturated heterocycles. The lowest BCUT2D eigenvalue weighted by atomic mass is 9.89. The van der Waals surface area contributed by atoms with Crippen LogP contribution in [-0.2, 0) is 4.79 Å². The summed E-state index contributed by atoms with van der Waals surface area (Å²) in [4.78, 5) is 33.4. The van der Waals surface area contributed by atoms with Gasteiger partial charge < -0.3 is 10.0 Å². The zero-order valence-electron chi connectivity index (χ0n) is 12.1. The van der Waals surface area contributed by atoms with Gasteiger partial charge in [-0.1, -0.05) is 23.7 Å². The van der Waals surface area contributed by atoms with Gasteiger partial charge >= 0.3 is 5.97 Å². The number of carboxylic acids is 1. The Labute approximate surface area is 137 Å². The molecule has 0 bridgehead atoms. The van der Waals surface area contributed by atoms with Crippen LogP contribution >= 0.6 is 11.6 Å². The second kappa shape index (κ2) is 6.34. The Balaban J connectivity index is 1.85. The third-order valence-corrected chi connectivity index (χ3v) is 4.26. The smallest absolute Gasteiger partial charge is 0.308 e. The fraction of sp³-hybridized carbons (Fsp3) is 0.250. The highest BCUT2D eigenvalue weighted by molar-refractivity contribution is 6.30. The molecule has 1 aliphatic rings. The van der Waals surface area contributed by atoms with Gasteiger partial charge in [-0.25, -0.2) is 4.98 Å². The highest BCUT2D eigenvalue weighted by Gasteiger charge is 2.40. The summed E-state index contributed by atoms with van der Waals surface area (Å²) in [6.07, 6.45) is 4.31. The lowest BCUT2D eigenvalue weighted by molar-refractivity contribution is -0.141. The van der Waals surface area contributed by atoms with Crippen molar-refractivity contribution in [1.82, 2.24) is 14.9 Å². The number of benzene rings is 1. The van der Waals surface area contributed by atoms with E-state index in [0.717, 1.165) is 5.56 Å². The molecule has 1 N–H and O–H groups in total. The van der Waals surface area contributed by atoms with E-state index in [1.807, 2.05) is 0 Å². The molecule has 1 aromatic heterocycles. The molecule has 0 aliphatic carbocycles. The third kappa shape index (κ3) is 3.17. The van der Waals surface area contributed by atoms with Crippen molar-refractivity contribution in [1.29, 1.82) is 0 Å². The predicted octanol–water partition coefficient (Wildman–Crippen LogP) is 2.07. The number of likely N-dealkylation sites (tertiary alicyclic amines) is 1. The molecule has 0 saturated carbocycles. The predicted molar refractivity (Wildman–Crippen MR) is 83.3 cm³/mol. The standard InChI is InChI=1S/C16H14ClN3O3/c17-11-3-1-10(2-4-11)12-8-20(9-13(12)16(22)23)15(21)14-7-18-5-6-19-14/h1-7,12-13H,8-9H2,(H,22,23)/t12-,13+/m0/s1. The first-order valence-corrected chi connectivity index (χ1v) is 7.47. The fourth-order valence-electron chi connectivity index (χ4n) is 2.84. The van der Waals surface area contributed by atoms with E-state index in [0.29, 0.717) is 11.6 Å². The minimum atomic E-state index is -0.917. The zero-order chi connectivity index (χ0) is 16.4. The summed E-state index contributed by atoms with van der Waals surface area (Å²) in [6.45, 7) is 0.478. The van der Waals surface area contributed by atoms with E-state index in [-0.39, 0.29) is 24.1 Å². The molecule has 2 atom stereocenters. The van der Waals surface area contributed by atoms with Gasteiger partial charge in [0.05, 0.1) is 12.1 Å². The van der Waals surface area contributed by atoms with Crippen LogP contribution in [0.2, 0.25) is 5.02 Å². The van der Waals surface area contributed by atoms with E-state index in [9.17, 15) is 14.7 Å². The van der Waals surface area contributed by atoms with E-state index in [1.165, 1.54) is 23.5 Å². The number of hydrogen-bond donors (Lipinski definition) is 1. The number of halogens is 1. The quantitative estimate of drug-likeness (QED) is 0.930. The van der Waals surface area contributed by atoms with Gasteiger partial charge in [-0.3, -0.25) is 14.6 Å². The molecular weight excluding hydrogens is 318 g/mol. The molecule has 1 aliphatic heterocycles. The first-order chi connectivity index (χ1) is 11.1. The molecule has 3 rings (SSSR count). The van der Waals surface area contributed by atoms with Gasteiger partial charge in [0, 0.05) is 36.4 Å². The van der Waals surface area contributed by atoms with Crippen LogP contribution in [0.1, 0.15) is 22.0 Å². The molecule has 7 heteroatoms. The normalized spacial score (nSPS) is 20.5. The summed E-state index contributed by atoms with van der Waals surface area (Å²) < 4.78 is 0. The average Bonchev–Trinajstić information content (AvgIpc) is 3.01. The molecule has 118 valence electrons. The number of carbonyl (C=O) groups excluding carboxylic acids is 1. The Kier molecular flexibility index (Phi) is 4.25. The van der Waals surface area contributed by atoms with Gasteiger partial charge in [-0.05, 0) is 17.7 Å². The topological polar surface area (TPSA) is 83.4 Å². The summed E-state index contributed by atoms with van der Waals surface area (Å²) in [5.41, 5.74) is 1.07.